The third-order valence-electron chi connectivity index (χ3n) is 4.12. The maximum absolute atomic E-state index is 12.4. The van der Waals surface area contributed by atoms with Crippen molar-refractivity contribution in [2.45, 2.75) is 19.5 Å². The molecule has 0 fully saturated rings. The van der Waals surface area contributed by atoms with Crippen molar-refractivity contribution in [1.82, 2.24) is 4.90 Å². The molecule has 1 N–H and O–H groups in total. The molecular formula is C19H22N2O3. The van der Waals surface area contributed by atoms with Crippen LogP contribution in [-0.2, 0) is 11.3 Å². The van der Waals surface area contributed by atoms with Crippen LogP contribution >= 0.6 is 0 Å². The topological polar surface area (TPSA) is 50.8 Å². The highest BCUT2D eigenvalue weighted by Gasteiger charge is 2.19. The van der Waals surface area contributed by atoms with Gasteiger partial charge in [0.1, 0.15) is 13.2 Å². The number of carbonyl (C=O) groups is 1. The Morgan fingerprint density at radius 3 is 2.58 bits per heavy atom. The number of hydrogen-bond acceptors (Lipinski definition) is 4. The van der Waals surface area contributed by atoms with E-state index in [-0.39, 0.29) is 11.9 Å². The number of para-hydroxylation sites is 1. The number of ether oxygens (including phenoxy) is 2. The number of hydrogen-bond donors (Lipinski definition) is 1. The first-order chi connectivity index (χ1) is 11.6. The van der Waals surface area contributed by atoms with Crippen LogP contribution in [0.1, 0.15) is 12.5 Å². The number of nitrogens with zero attached hydrogens (tertiary/aromatic N) is 1. The van der Waals surface area contributed by atoms with Crippen LogP contribution in [0.25, 0.3) is 0 Å². The molecule has 0 aliphatic carbocycles. The predicted octanol–water partition coefficient (Wildman–Crippen LogP) is 2.92. The predicted molar refractivity (Wildman–Crippen MR) is 93.4 cm³/mol. The quantitative estimate of drug-likeness (QED) is 0.918. The third kappa shape index (κ3) is 3.86. The van der Waals surface area contributed by atoms with E-state index in [1.165, 1.54) is 0 Å². The van der Waals surface area contributed by atoms with Gasteiger partial charge in [0.05, 0.1) is 6.04 Å². The summed E-state index contributed by atoms with van der Waals surface area (Å²) < 4.78 is 11.1. The van der Waals surface area contributed by atoms with Crippen LogP contribution in [0, 0.1) is 0 Å². The molecule has 1 atom stereocenters. The third-order valence-corrected chi connectivity index (χ3v) is 4.12. The van der Waals surface area contributed by atoms with Crippen molar-refractivity contribution in [3.63, 3.8) is 0 Å². The highest BCUT2D eigenvalue weighted by molar-refractivity contribution is 5.94. The molecule has 0 spiro atoms. The van der Waals surface area contributed by atoms with Crippen LogP contribution in [0.2, 0.25) is 0 Å². The SMILES string of the molecule is CC(C(=O)Nc1ccccc1)N(C)Cc1ccc2c(c1)OCCO2. The Labute approximate surface area is 142 Å². The Kier molecular flexibility index (Phi) is 5.01. The van der Waals surface area contributed by atoms with Gasteiger partial charge in [-0.3, -0.25) is 9.69 Å². The van der Waals surface area contributed by atoms with Gasteiger partial charge in [-0.2, -0.15) is 0 Å². The summed E-state index contributed by atoms with van der Waals surface area (Å²) in [5.41, 5.74) is 1.89. The first-order valence-corrected chi connectivity index (χ1v) is 8.08. The fourth-order valence-electron chi connectivity index (χ4n) is 2.58. The summed E-state index contributed by atoms with van der Waals surface area (Å²) in [6.45, 7) is 3.71. The number of likely N-dealkylation sites (N-methyl/N-ethyl adjacent to an activating group) is 1. The Bertz CT molecular complexity index is 703. The molecular weight excluding hydrogens is 304 g/mol. The standard InChI is InChI=1S/C19H22N2O3/c1-14(19(22)20-16-6-4-3-5-7-16)21(2)13-15-8-9-17-18(12-15)24-11-10-23-17/h3-9,12,14H,10-11,13H2,1-2H3,(H,20,22). The van der Waals surface area contributed by atoms with Crippen molar-refractivity contribution in [2.24, 2.45) is 0 Å². The van der Waals surface area contributed by atoms with Gasteiger partial charge in [0, 0.05) is 12.2 Å². The van der Waals surface area contributed by atoms with Crippen molar-refractivity contribution in [3.05, 3.63) is 54.1 Å². The number of benzene rings is 2. The molecule has 24 heavy (non-hydrogen) atoms. The van der Waals surface area contributed by atoms with Crippen molar-refractivity contribution in [3.8, 4) is 11.5 Å². The number of rotatable bonds is 5. The van der Waals surface area contributed by atoms with Crippen molar-refractivity contribution < 1.29 is 14.3 Å². The zero-order valence-electron chi connectivity index (χ0n) is 14.0. The monoisotopic (exact) mass is 326 g/mol. The summed E-state index contributed by atoms with van der Waals surface area (Å²) in [6, 6.07) is 15.1. The van der Waals surface area contributed by atoms with Crippen LogP contribution in [-0.4, -0.2) is 37.1 Å². The number of fused-ring (bicyclic) bond motifs is 1. The molecule has 0 saturated carbocycles. The van der Waals surface area contributed by atoms with Crippen molar-refractivity contribution in [2.75, 3.05) is 25.6 Å². The Hall–Kier alpha value is -2.53. The Morgan fingerprint density at radius 1 is 1.12 bits per heavy atom. The van der Waals surface area contributed by atoms with E-state index in [1.54, 1.807) is 0 Å². The zero-order chi connectivity index (χ0) is 16.9. The fraction of sp³-hybridized carbons (Fsp3) is 0.316. The lowest BCUT2D eigenvalue weighted by Crippen LogP contribution is -2.39. The molecule has 0 bridgehead atoms. The molecule has 1 aliphatic rings. The van der Waals surface area contributed by atoms with Gasteiger partial charge in [-0.05, 0) is 43.8 Å². The first kappa shape index (κ1) is 16.3. The van der Waals surface area contributed by atoms with Gasteiger partial charge in [0.25, 0.3) is 0 Å². The fourth-order valence-corrected chi connectivity index (χ4v) is 2.58. The maximum atomic E-state index is 12.4. The van der Waals surface area contributed by atoms with E-state index in [9.17, 15) is 4.79 Å². The molecule has 2 aromatic rings. The molecule has 0 radical (unpaired) electrons. The highest BCUT2D eigenvalue weighted by Crippen LogP contribution is 2.31. The molecule has 0 saturated heterocycles. The van der Waals surface area contributed by atoms with E-state index in [1.807, 2.05) is 67.4 Å². The molecule has 1 unspecified atom stereocenters. The van der Waals surface area contributed by atoms with E-state index in [4.69, 9.17) is 9.47 Å². The normalized spacial score (nSPS) is 14.3. The minimum atomic E-state index is -0.251. The number of anilines is 1. The average molecular weight is 326 g/mol. The largest absolute Gasteiger partial charge is 0.486 e. The molecule has 5 nitrogen and oxygen atoms in total. The number of amides is 1. The maximum Gasteiger partial charge on any atom is 0.241 e. The average Bonchev–Trinajstić information content (AvgIpc) is 2.61. The number of carbonyl (C=O) groups excluding carboxylic acids is 1. The van der Waals surface area contributed by atoms with Crippen molar-refractivity contribution >= 4 is 11.6 Å². The Balaban J connectivity index is 1.61. The van der Waals surface area contributed by atoms with Gasteiger partial charge in [-0.25, -0.2) is 0 Å². The minimum absolute atomic E-state index is 0.0266. The zero-order valence-corrected chi connectivity index (χ0v) is 14.0. The summed E-state index contributed by atoms with van der Waals surface area (Å²) in [6.07, 6.45) is 0. The highest BCUT2D eigenvalue weighted by atomic mass is 16.6. The molecule has 1 amide bonds. The van der Waals surface area contributed by atoms with Crippen molar-refractivity contribution in [1.29, 1.82) is 0 Å². The smallest absolute Gasteiger partial charge is 0.241 e. The van der Waals surface area contributed by atoms with Crippen LogP contribution < -0.4 is 14.8 Å². The molecule has 1 heterocycles. The van der Waals surface area contributed by atoms with E-state index in [0.717, 1.165) is 22.7 Å². The van der Waals surface area contributed by atoms with Gasteiger partial charge in [-0.15, -0.1) is 0 Å². The van der Waals surface area contributed by atoms with E-state index < -0.39 is 0 Å². The van der Waals surface area contributed by atoms with E-state index >= 15 is 0 Å². The van der Waals surface area contributed by atoms with E-state index in [2.05, 4.69) is 5.32 Å². The van der Waals surface area contributed by atoms with Gasteiger partial charge in [-0.1, -0.05) is 24.3 Å². The van der Waals surface area contributed by atoms with Crippen LogP contribution in [0.3, 0.4) is 0 Å². The second-order valence-electron chi connectivity index (χ2n) is 5.92. The van der Waals surface area contributed by atoms with Crippen LogP contribution in [0.4, 0.5) is 5.69 Å². The minimum Gasteiger partial charge on any atom is -0.486 e. The molecule has 0 aromatic heterocycles. The molecule has 3 rings (SSSR count). The lowest BCUT2D eigenvalue weighted by atomic mass is 10.1. The second kappa shape index (κ2) is 7.36. The first-order valence-electron chi connectivity index (χ1n) is 8.08. The summed E-state index contributed by atoms with van der Waals surface area (Å²) in [5, 5.41) is 2.93. The van der Waals surface area contributed by atoms with Crippen LogP contribution in [0.15, 0.2) is 48.5 Å². The summed E-state index contributed by atoms with van der Waals surface area (Å²) in [4.78, 5) is 14.4. The summed E-state index contributed by atoms with van der Waals surface area (Å²) in [5.74, 6) is 1.53. The molecule has 126 valence electrons. The van der Waals surface area contributed by atoms with Gasteiger partial charge >= 0.3 is 0 Å². The summed E-state index contributed by atoms with van der Waals surface area (Å²) in [7, 11) is 1.94. The summed E-state index contributed by atoms with van der Waals surface area (Å²) >= 11 is 0. The lowest BCUT2D eigenvalue weighted by molar-refractivity contribution is -0.120. The Morgan fingerprint density at radius 2 is 1.83 bits per heavy atom. The molecule has 5 heteroatoms. The second-order valence-corrected chi connectivity index (χ2v) is 5.92. The van der Waals surface area contributed by atoms with Gasteiger partial charge < -0.3 is 14.8 Å². The van der Waals surface area contributed by atoms with E-state index in [0.29, 0.717) is 19.8 Å². The number of nitrogens with one attached hydrogen (secondary N) is 1. The van der Waals surface area contributed by atoms with Gasteiger partial charge in [0.15, 0.2) is 11.5 Å². The lowest BCUT2D eigenvalue weighted by Gasteiger charge is -2.25. The van der Waals surface area contributed by atoms with Gasteiger partial charge in [0.2, 0.25) is 5.91 Å². The molecule has 2 aromatic carbocycles. The molecule has 1 aliphatic heterocycles. The van der Waals surface area contributed by atoms with Crippen LogP contribution in [0.5, 0.6) is 11.5 Å².